The van der Waals surface area contributed by atoms with Crippen LogP contribution >= 0.6 is 0 Å². The summed E-state index contributed by atoms with van der Waals surface area (Å²) in [4.78, 5) is 0. The number of fused-ring (bicyclic) bond motifs is 2. The Kier molecular flexibility index (Phi) is 1.10. The van der Waals surface area contributed by atoms with Crippen LogP contribution in [0.5, 0.6) is 0 Å². The van der Waals surface area contributed by atoms with E-state index < -0.39 is 0 Å². The maximum atomic E-state index is 5.36. The molecule has 0 aromatic carbocycles. The van der Waals surface area contributed by atoms with E-state index in [-0.39, 0.29) is 0 Å². The topological polar surface area (TPSA) is 38.0 Å². The lowest BCUT2D eigenvalue weighted by Crippen LogP contribution is -2.38. The molecule has 2 heteroatoms. The molecule has 0 saturated heterocycles. The lowest BCUT2D eigenvalue weighted by Gasteiger charge is -2.12. The van der Waals surface area contributed by atoms with Crippen LogP contribution in [0.25, 0.3) is 0 Å². The normalized spacial score (nSPS) is 46.6. The second-order valence-corrected chi connectivity index (χ2v) is 2.98. The van der Waals surface area contributed by atoms with Gasteiger partial charge in [0.15, 0.2) is 0 Å². The highest BCUT2D eigenvalue weighted by Crippen LogP contribution is 2.38. The van der Waals surface area contributed by atoms with Gasteiger partial charge >= 0.3 is 0 Å². The monoisotopic (exact) mass is 124 g/mol. The minimum atomic E-state index is 0.560. The van der Waals surface area contributed by atoms with Gasteiger partial charge in [-0.15, -0.1) is 0 Å². The fraction of sp³-hybridized carbons (Fsp3) is 0.714. The molecule has 0 aromatic rings. The van der Waals surface area contributed by atoms with E-state index in [1.807, 2.05) is 0 Å². The van der Waals surface area contributed by atoms with Gasteiger partial charge in [-0.25, -0.2) is 0 Å². The molecule has 0 spiro atoms. The standard InChI is InChI=1S/C7H12N2/c8-9-7-5-1-2-6(7)4-3-5/h1-2,5-7,9H,3-4,8H2. The molecule has 0 aromatic heterocycles. The van der Waals surface area contributed by atoms with E-state index in [4.69, 9.17) is 5.84 Å². The van der Waals surface area contributed by atoms with E-state index in [0.717, 1.165) is 11.8 Å². The third-order valence-corrected chi connectivity index (χ3v) is 2.55. The van der Waals surface area contributed by atoms with Crippen LogP contribution < -0.4 is 11.3 Å². The molecular weight excluding hydrogens is 112 g/mol. The summed E-state index contributed by atoms with van der Waals surface area (Å²) in [7, 11) is 0. The summed E-state index contributed by atoms with van der Waals surface area (Å²) >= 11 is 0. The fourth-order valence-corrected chi connectivity index (χ4v) is 2.03. The second-order valence-electron chi connectivity index (χ2n) is 2.98. The van der Waals surface area contributed by atoms with Crippen molar-refractivity contribution in [3.05, 3.63) is 12.2 Å². The zero-order valence-electron chi connectivity index (χ0n) is 5.38. The van der Waals surface area contributed by atoms with Gasteiger partial charge in [-0.1, -0.05) is 12.2 Å². The van der Waals surface area contributed by atoms with Crippen LogP contribution in [0.3, 0.4) is 0 Å². The van der Waals surface area contributed by atoms with Crippen LogP contribution in [0, 0.1) is 11.8 Å². The predicted octanol–water partition coefficient (Wildman–Crippen LogP) is 0.414. The van der Waals surface area contributed by atoms with E-state index in [1.165, 1.54) is 12.8 Å². The smallest absolute Gasteiger partial charge is 0.0335 e. The fourth-order valence-electron chi connectivity index (χ4n) is 2.03. The molecule has 2 unspecified atom stereocenters. The van der Waals surface area contributed by atoms with Crippen molar-refractivity contribution in [3.8, 4) is 0 Å². The second kappa shape index (κ2) is 1.82. The van der Waals surface area contributed by atoms with Gasteiger partial charge in [0.2, 0.25) is 0 Å². The van der Waals surface area contributed by atoms with Crippen LogP contribution in [-0.2, 0) is 0 Å². The Labute approximate surface area is 55.1 Å². The molecule has 0 heterocycles. The molecule has 50 valence electrons. The minimum Gasteiger partial charge on any atom is -0.271 e. The average Bonchev–Trinajstić information content (AvgIpc) is 2.44. The Balaban J connectivity index is 2.15. The zero-order valence-corrected chi connectivity index (χ0v) is 5.38. The largest absolute Gasteiger partial charge is 0.271 e. The number of nitrogens with two attached hydrogens (primary N) is 1. The van der Waals surface area contributed by atoms with E-state index in [0.29, 0.717) is 6.04 Å². The summed E-state index contributed by atoms with van der Waals surface area (Å²) in [6.45, 7) is 0. The summed E-state index contributed by atoms with van der Waals surface area (Å²) in [5.74, 6) is 6.84. The molecule has 2 bridgehead atoms. The molecule has 0 aliphatic heterocycles. The Morgan fingerprint density at radius 1 is 1.22 bits per heavy atom. The maximum Gasteiger partial charge on any atom is 0.0335 e. The van der Waals surface area contributed by atoms with Crippen LogP contribution in [-0.4, -0.2) is 6.04 Å². The molecule has 9 heavy (non-hydrogen) atoms. The van der Waals surface area contributed by atoms with Gasteiger partial charge in [-0.05, 0) is 24.7 Å². The van der Waals surface area contributed by atoms with Gasteiger partial charge in [-0.2, -0.15) is 0 Å². The van der Waals surface area contributed by atoms with E-state index in [1.54, 1.807) is 0 Å². The molecule has 2 rings (SSSR count). The number of nitrogens with one attached hydrogen (secondary N) is 1. The third-order valence-electron chi connectivity index (χ3n) is 2.55. The van der Waals surface area contributed by atoms with Crippen LogP contribution in [0.15, 0.2) is 12.2 Å². The Morgan fingerprint density at radius 3 is 2.00 bits per heavy atom. The summed E-state index contributed by atoms with van der Waals surface area (Å²) < 4.78 is 0. The number of hydrogen-bond acceptors (Lipinski definition) is 2. The van der Waals surface area contributed by atoms with Gasteiger partial charge in [0, 0.05) is 6.04 Å². The van der Waals surface area contributed by atoms with Gasteiger partial charge in [0.1, 0.15) is 0 Å². The number of hydrazine groups is 1. The Bertz CT molecular complexity index is 128. The molecular formula is C7H12N2. The summed E-state index contributed by atoms with van der Waals surface area (Å²) in [5, 5.41) is 0. The van der Waals surface area contributed by atoms with E-state index in [9.17, 15) is 0 Å². The lowest BCUT2D eigenvalue weighted by molar-refractivity contribution is 0.447. The quantitative estimate of drug-likeness (QED) is 0.302. The third kappa shape index (κ3) is 0.635. The van der Waals surface area contributed by atoms with Crippen molar-refractivity contribution >= 4 is 0 Å². The first kappa shape index (κ1) is 5.45. The zero-order chi connectivity index (χ0) is 6.27. The van der Waals surface area contributed by atoms with Crippen LogP contribution in [0.1, 0.15) is 12.8 Å². The molecule has 1 fully saturated rings. The minimum absolute atomic E-state index is 0.560. The van der Waals surface area contributed by atoms with Crippen LogP contribution in [0.4, 0.5) is 0 Å². The number of hydrogen-bond donors (Lipinski definition) is 2. The van der Waals surface area contributed by atoms with Crippen LogP contribution in [0.2, 0.25) is 0 Å². The van der Waals surface area contributed by atoms with Gasteiger partial charge in [0.05, 0.1) is 0 Å². The number of rotatable bonds is 1. The summed E-state index contributed by atoms with van der Waals surface area (Å²) in [6, 6.07) is 0.560. The SMILES string of the molecule is NNC1C2C=CC1CC2. The highest BCUT2D eigenvalue weighted by molar-refractivity contribution is 5.14. The molecule has 0 radical (unpaired) electrons. The van der Waals surface area contributed by atoms with Crippen molar-refractivity contribution in [2.24, 2.45) is 17.7 Å². The van der Waals surface area contributed by atoms with E-state index >= 15 is 0 Å². The van der Waals surface area contributed by atoms with Gasteiger partial charge in [0.25, 0.3) is 0 Å². The molecule has 2 atom stereocenters. The highest BCUT2D eigenvalue weighted by atomic mass is 15.2. The molecule has 2 aliphatic carbocycles. The highest BCUT2D eigenvalue weighted by Gasteiger charge is 2.36. The Morgan fingerprint density at radius 2 is 1.78 bits per heavy atom. The lowest BCUT2D eigenvalue weighted by atomic mass is 10.1. The summed E-state index contributed by atoms with van der Waals surface area (Å²) in [5.41, 5.74) is 2.86. The Hall–Kier alpha value is -0.340. The maximum absolute atomic E-state index is 5.36. The van der Waals surface area contributed by atoms with Gasteiger partial charge in [-0.3, -0.25) is 11.3 Å². The van der Waals surface area contributed by atoms with E-state index in [2.05, 4.69) is 17.6 Å². The first-order valence-corrected chi connectivity index (χ1v) is 3.56. The predicted molar refractivity (Wildman–Crippen MR) is 36.5 cm³/mol. The van der Waals surface area contributed by atoms with Gasteiger partial charge < -0.3 is 0 Å². The molecule has 2 aliphatic rings. The first-order valence-electron chi connectivity index (χ1n) is 3.56. The molecule has 2 nitrogen and oxygen atoms in total. The molecule has 3 N–H and O–H groups in total. The molecule has 1 saturated carbocycles. The average molecular weight is 124 g/mol. The first-order chi connectivity index (χ1) is 4.42. The molecule has 0 amide bonds. The van der Waals surface area contributed by atoms with Crippen molar-refractivity contribution < 1.29 is 0 Å². The summed E-state index contributed by atoms with van der Waals surface area (Å²) in [6.07, 6.45) is 7.24. The van der Waals surface area contributed by atoms with Crippen molar-refractivity contribution in [2.45, 2.75) is 18.9 Å². The van der Waals surface area contributed by atoms with Crippen molar-refractivity contribution in [3.63, 3.8) is 0 Å². The van der Waals surface area contributed by atoms with Crippen molar-refractivity contribution in [1.82, 2.24) is 5.43 Å². The van der Waals surface area contributed by atoms with Crippen molar-refractivity contribution in [1.29, 1.82) is 0 Å². The van der Waals surface area contributed by atoms with Crippen molar-refractivity contribution in [2.75, 3.05) is 0 Å².